The number of hydrogen-bond acceptors (Lipinski definition) is 12. The Balaban J connectivity index is 2.40. The van der Waals surface area contributed by atoms with Gasteiger partial charge in [-0.1, -0.05) is 172 Å². The summed E-state index contributed by atoms with van der Waals surface area (Å²) in [5, 5.41) is 50.3. The minimum absolute atomic E-state index is 0.0923. The van der Waals surface area contributed by atoms with Gasteiger partial charge in [0.05, 0.1) is 6.61 Å². The van der Waals surface area contributed by atoms with Crippen molar-refractivity contribution in [1.82, 2.24) is 0 Å². The van der Waals surface area contributed by atoms with Crippen LogP contribution in [-0.2, 0) is 32.7 Å². The topological polar surface area (TPSA) is 210 Å². The Morgan fingerprint density at radius 2 is 0.831 bits per heavy atom. The van der Waals surface area contributed by atoms with Gasteiger partial charge in [-0.05, 0) is 70.6 Å². The molecule has 0 aliphatic heterocycles. The molecule has 6 unspecified atom stereocenters. The summed E-state index contributed by atoms with van der Waals surface area (Å²) < 4.78 is 33.6. The van der Waals surface area contributed by atoms with Crippen LogP contribution in [0.3, 0.4) is 0 Å². The number of phosphoric acid groups is 1. The SMILES string of the molecule is CCCCC/C=C/C/C=C/CCCCCCCCCCCC(=O)O[C@H](COC(=O)CCCCCCCCCCC/C=C/CCCCCC)COP(=O)(O)OC1C(O)C(O)C(O)[C@@H](O)C1O. The molecule has 1 aliphatic carbocycles. The molecule has 14 heteroatoms. The number of carbonyl (C=O) groups excluding carboxylic acids is 2. The van der Waals surface area contributed by atoms with Crippen LogP contribution in [-0.4, -0.2) is 98.3 Å². The molecule has 380 valence electrons. The van der Waals surface area contributed by atoms with Crippen LogP contribution < -0.4 is 0 Å². The Hall–Kier alpha value is -1.93. The van der Waals surface area contributed by atoms with Gasteiger partial charge in [0.15, 0.2) is 6.10 Å². The van der Waals surface area contributed by atoms with Gasteiger partial charge in [0, 0.05) is 12.8 Å². The number of carbonyl (C=O) groups is 2. The van der Waals surface area contributed by atoms with Crippen LogP contribution in [0.5, 0.6) is 0 Å². The van der Waals surface area contributed by atoms with Gasteiger partial charge in [-0.2, -0.15) is 0 Å². The number of unbranched alkanes of at least 4 members (excludes halogenated alkanes) is 25. The van der Waals surface area contributed by atoms with E-state index in [0.717, 1.165) is 64.2 Å². The first-order chi connectivity index (χ1) is 31.4. The lowest BCUT2D eigenvalue weighted by Gasteiger charge is -2.41. The van der Waals surface area contributed by atoms with Crippen molar-refractivity contribution in [3.8, 4) is 0 Å². The number of allylic oxidation sites excluding steroid dienone is 6. The molecule has 0 aromatic heterocycles. The zero-order valence-electron chi connectivity index (χ0n) is 40.5. The Bertz CT molecular complexity index is 1280. The average Bonchev–Trinajstić information content (AvgIpc) is 3.29. The molecule has 0 aromatic carbocycles. The summed E-state index contributed by atoms with van der Waals surface area (Å²) in [6.07, 6.45) is 34.7. The van der Waals surface area contributed by atoms with Crippen LogP contribution in [0, 0.1) is 0 Å². The third-order valence-corrected chi connectivity index (χ3v) is 12.9. The van der Waals surface area contributed by atoms with Crippen LogP contribution in [0.4, 0.5) is 0 Å². The van der Waals surface area contributed by atoms with Crippen LogP contribution in [0.1, 0.15) is 219 Å². The number of rotatable bonds is 43. The van der Waals surface area contributed by atoms with Crippen molar-refractivity contribution >= 4 is 19.8 Å². The number of aliphatic hydroxyl groups excluding tert-OH is 5. The number of aliphatic hydroxyl groups is 5. The second-order valence-corrected chi connectivity index (χ2v) is 19.4. The largest absolute Gasteiger partial charge is 0.472 e. The van der Waals surface area contributed by atoms with E-state index in [9.17, 15) is 44.6 Å². The lowest BCUT2D eigenvalue weighted by atomic mass is 9.85. The van der Waals surface area contributed by atoms with Gasteiger partial charge in [0.2, 0.25) is 0 Å². The summed E-state index contributed by atoms with van der Waals surface area (Å²) in [5.74, 6) is -1.10. The maximum atomic E-state index is 12.8. The van der Waals surface area contributed by atoms with Crippen molar-refractivity contribution < 1.29 is 63.1 Å². The van der Waals surface area contributed by atoms with E-state index in [1.807, 2.05) is 0 Å². The predicted octanol–water partition coefficient (Wildman–Crippen LogP) is 11.0. The minimum Gasteiger partial charge on any atom is -0.462 e. The summed E-state index contributed by atoms with van der Waals surface area (Å²) in [5.41, 5.74) is 0. The second kappa shape index (κ2) is 41.1. The molecule has 6 N–H and O–H groups in total. The average molecular weight is 945 g/mol. The standard InChI is InChI=1S/C51H93O13P/c1-3-5-7-9-11-13-15-17-19-21-22-24-26-28-30-32-34-36-38-40-45(53)63-43(42-62-65(59,60)64-51-49(57)47(55)46(54)48(56)50(51)58)41-61-44(52)39-37-35-33-31-29-27-25-23-20-18-16-14-12-10-8-6-4-2/h11,13-14,16-17,19,43,46-51,54-58H,3-10,12,15,18,20-42H2,1-2H3,(H,59,60)/b13-11+,16-14+,19-17+/t43-,46?,47-,48?,49?,50?,51?/m1/s1. The van der Waals surface area contributed by atoms with Gasteiger partial charge < -0.3 is 39.9 Å². The van der Waals surface area contributed by atoms with Gasteiger partial charge in [0.1, 0.15) is 43.2 Å². The molecule has 0 spiro atoms. The fourth-order valence-electron chi connectivity index (χ4n) is 7.78. The van der Waals surface area contributed by atoms with Crippen LogP contribution >= 0.6 is 7.82 Å². The smallest absolute Gasteiger partial charge is 0.462 e. The highest BCUT2D eigenvalue weighted by Gasteiger charge is 2.51. The molecule has 0 saturated heterocycles. The monoisotopic (exact) mass is 945 g/mol. The fraction of sp³-hybridized carbons (Fsp3) is 0.843. The fourth-order valence-corrected chi connectivity index (χ4v) is 8.76. The van der Waals surface area contributed by atoms with Crippen LogP contribution in [0.25, 0.3) is 0 Å². The predicted molar refractivity (Wildman–Crippen MR) is 258 cm³/mol. The number of hydrogen-bond donors (Lipinski definition) is 6. The third-order valence-electron chi connectivity index (χ3n) is 12.0. The molecular weight excluding hydrogens is 852 g/mol. The van der Waals surface area contributed by atoms with E-state index in [4.69, 9.17) is 18.5 Å². The summed E-state index contributed by atoms with van der Waals surface area (Å²) in [4.78, 5) is 35.8. The molecule has 13 nitrogen and oxygen atoms in total. The molecular formula is C51H93O13P. The number of ether oxygens (including phenoxy) is 2. The highest BCUT2D eigenvalue weighted by molar-refractivity contribution is 7.47. The second-order valence-electron chi connectivity index (χ2n) is 18.0. The molecule has 0 bridgehead atoms. The van der Waals surface area contributed by atoms with Crippen molar-refractivity contribution in [2.24, 2.45) is 0 Å². The zero-order valence-corrected chi connectivity index (χ0v) is 41.4. The minimum atomic E-state index is -5.12. The van der Waals surface area contributed by atoms with Gasteiger partial charge >= 0.3 is 19.8 Å². The van der Waals surface area contributed by atoms with Crippen molar-refractivity contribution in [3.63, 3.8) is 0 Å². The maximum Gasteiger partial charge on any atom is 0.472 e. The summed E-state index contributed by atoms with van der Waals surface area (Å²) in [6.45, 7) is 3.28. The maximum absolute atomic E-state index is 12.8. The molecule has 1 rings (SSSR count). The number of phosphoric ester groups is 1. The highest BCUT2D eigenvalue weighted by Crippen LogP contribution is 2.47. The molecule has 1 aliphatic rings. The van der Waals surface area contributed by atoms with E-state index >= 15 is 0 Å². The molecule has 0 amide bonds. The summed E-state index contributed by atoms with van der Waals surface area (Å²) in [7, 11) is -5.12. The van der Waals surface area contributed by atoms with E-state index in [2.05, 4.69) is 50.3 Å². The first-order valence-corrected chi connectivity index (χ1v) is 27.3. The molecule has 0 aromatic rings. The first kappa shape index (κ1) is 61.1. The molecule has 1 saturated carbocycles. The summed E-state index contributed by atoms with van der Waals surface area (Å²) >= 11 is 0. The third kappa shape index (κ3) is 33.3. The Labute approximate surface area is 393 Å². The van der Waals surface area contributed by atoms with E-state index in [1.165, 1.54) is 116 Å². The highest BCUT2D eigenvalue weighted by atomic mass is 31.2. The summed E-state index contributed by atoms with van der Waals surface area (Å²) in [6, 6.07) is 0. The molecule has 0 radical (unpaired) electrons. The first-order valence-electron chi connectivity index (χ1n) is 25.8. The molecule has 1 fully saturated rings. The van der Waals surface area contributed by atoms with Crippen LogP contribution in [0.2, 0.25) is 0 Å². The van der Waals surface area contributed by atoms with Crippen molar-refractivity contribution in [2.75, 3.05) is 13.2 Å². The Morgan fingerprint density at radius 1 is 0.477 bits per heavy atom. The van der Waals surface area contributed by atoms with Crippen molar-refractivity contribution in [3.05, 3.63) is 36.5 Å². The van der Waals surface area contributed by atoms with Crippen molar-refractivity contribution in [2.45, 2.75) is 262 Å². The van der Waals surface area contributed by atoms with E-state index in [-0.39, 0.29) is 12.8 Å². The lowest BCUT2D eigenvalue weighted by molar-refractivity contribution is -0.220. The van der Waals surface area contributed by atoms with E-state index in [0.29, 0.717) is 12.8 Å². The van der Waals surface area contributed by atoms with Gasteiger partial charge in [-0.15, -0.1) is 0 Å². The number of esters is 2. The van der Waals surface area contributed by atoms with E-state index in [1.54, 1.807) is 0 Å². The molecule has 8 atom stereocenters. The van der Waals surface area contributed by atoms with Crippen LogP contribution in [0.15, 0.2) is 36.5 Å². The van der Waals surface area contributed by atoms with Gasteiger partial charge in [-0.25, -0.2) is 4.57 Å². The lowest BCUT2D eigenvalue weighted by Crippen LogP contribution is -2.64. The molecule has 65 heavy (non-hydrogen) atoms. The Kier molecular flexibility index (Phi) is 38.6. The van der Waals surface area contributed by atoms with Gasteiger partial charge in [-0.3, -0.25) is 18.6 Å². The van der Waals surface area contributed by atoms with Gasteiger partial charge in [0.25, 0.3) is 0 Å². The van der Waals surface area contributed by atoms with Crippen molar-refractivity contribution in [1.29, 1.82) is 0 Å². The Morgan fingerprint density at radius 3 is 1.29 bits per heavy atom. The molecule has 0 heterocycles. The normalized spacial score (nSPS) is 21.7. The quantitative estimate of drug-likeness (QED) is 0.0146. The van der Waals surface area contributed by atoms with E-state index < -0.39 is 75.7 Å². The zero-order chi connectivity index (χ0) is 47.8.